The minimum atomic E-state index is -0.419. The van der Waals surface area contributed by atoms with Gasteiger partial charge >= 0.3 is 5.97 Å². The summed E-state index contributed by atoms with van der Waals surface area (Å²) in [6, 6.07) is 7.52. The number of ether oxygens (including phenoxy) is 1. The van der Waals surface area contributed by atoms with Crippen LogP contribution in [0, 0.1) is 0 Å². The Kier molecular flexibility index (Phi) is 4.28. The van der Waals surface area contributed by atoms with Gasteiger partial charge in [0.25, 0.3) is 0 Å². The first kappa shape index (κ1) is 13.8. The fraction of sp³-hybridized carbons (Fsp3) is 0.0667. The molecular formula is C15H11NO3S2. The fourth-order valence-corrected chi connectivity index (χ4v) is 3.23. The van der Waals surface area contributed by atoms with E-state index in [0.717, 1.165) is 15.6 Å². The van der Waals surface area contributed by atoms with Crippen LogP contribution in [0.25, 0.3) is 16.0 Å². The van der Waals surface area contributed by atoms with Gasteiger partial charge in [-0.25, -0.2) is 9.78 Å². The average Bonchev–Trinajstić information content (AvgIpc) is 3.24. The number of thiazole rings is 1. The third-order valence-electron chi connectivity index (χ3n) is 2.57. The van der Waals surface area contributed by atoms with E-state index in [1.807, 2.05) is 22.9 Å². The van der Waals surface area contributed by atoms with Crippen LogP contribution in [0.3, 0.4) is 0 Å². The summed E-state index contributed by atoms with van der Waals surface area (Å²) in [5.74, 6) is 0.192. The van der Waals surface area contributed by atoms with Gasteiger partial charge in [0.2, 0.25) is 0 Å². The third-order valence-corrected chi connectivity index (χ3v) is 4.50. The second-order valence-corrected chi connectivity index (χ2v) is 5.88. The molecule has 3 rings (SSSR count). The van der Waals surface area contributed by atoms with E-state index in [4.69, 9.17) is 9.15 Å². The number of thiophene rings is 1. The van der Waals surface area contributed by atoms with Crippen LogP contribution < -0.4 is 0 Å². The number of carbonyl (C=O) groups excluding carboxylic acids is 1. The van der Waals surface area contributed by atoms with Crippen molar-refractivity contribution in [3.63, 3.8) is 0 Å². The zero-order chi connectivity index (χ0) is 14.5. The highest BCUT2D eigenvalue weighted by Gasteiger charge is 2.07. The Balaban J connectivity index is 1.54. The minimum absolute atomic E-state index is 0.170. The lowest BCUT2D eigenvalue weighted by Gasteiger charge is -1.97. The molecule has 0 spiro atoms. The molecule has 0 saturated heterocycles. The zero-order valence-corrected chi connectivity index (χ0v) is 12.5. The van der Waals surface area contributed by atoms with Gasteiger partial charge in [-0.05, 0) is 29.7 Å². The maximum Gasteiger partial charge on any atom is 0.331 e. The molecular weight excluding hydrogens is 306 g/mol. The predicted octanol–water partition coefficient (Wildman–Crippen LogP) is 4.22. The molecule has 0 bridgehead atoms. The second-order valence-electron chi connectivity index (χ2n) is 4.08. The van der Waals surface area contributed by atoms with Crippen LogP contribution >= 0.6 is 22.7 Å². The molecule has 0 unspecified atom stereocenters. The van der Waals surface area contributed by atoms with Crippen molar-refractivity contribution in [1.82, 2.24) is 4.98 Å². The van der Waals surface area contributed by atoms with E-state index in [2.05, 4.69) is 4.98 Å². The van der Waals surface area contributed by atoms with E-state index in [9.17, 15) is 4.79 Å². The quantitative estimate of drug-likeness (QED) is 0.522. The van der Waals surface area contributed by atoms with Crippen LogP contribution in [0.2, 0.25) is 0 Å². The number of furan rings is 1. The summed E-state index contributed by atoms with van der Waals surface area (Å²) in [5.41, 5.74) is 0.753. The van der Waals surface area contributed by atoms with Crippen LogP contribution in [0.5, 0.6) is 0 Å². The second kappa shape index (κ2) is 6.51. The van der Waals surface area contributed by atoms with Crippen LogP contribution in [-0.4, -0.2) is 11.0 Å². The van der Waals surface area contributed by atoms with Gasteiger partial charge in [0.15, 0.2) is 0 Å². The Hall–Kier alpha value is -2.18. The lowest BCUT2D eigenvalue weighted by molar-refractivity contribution is -0.139. The van der Waals surface area contributed by atoms with Gasteiger partial charge in [-0.15, -0.1) is 22.7 Å². The Morgan fingerprint density at radius 1 is 1.33 bits per heavy atom. The van der Waals surface area contributed by atoms with Crippen molar-refractivity contribution in [3.05, 3.63) is 58.8 Å². The summed E-state index contributed by atoms with van der Waals surface area (Å²) in [5, 5.41) is 4.86. The average molecular weight is 317 g/mol. The molecule has 6 heteroatoms. The topological polar surface area (TPSA) is 52.3 Å². The summed E-state index contributed by atoms with van der Waals surface area (Å²) in [6.45, 7) is 0.170. The van der Waals surface area contributed by atoms with E-state index < -0.39 is 5.97 Å². The molecule has 3 aromatic rings. The molecule has 0 atom stereocenters. The van der Waals surface area contributed by atoms with Crippen LogP contribution in [0.1, 0.15) is 11.5 Å². The Bertz CT molecular complexity index is 727. The summed E-state index contributed by atoms with van der Waals surface area (Å²) >= 11 is 3.18. The number of nitrogens with zero attached hydrogens (tertiary/aromatic N) is 1. The highest BCUT2D eigenvalue weighted by atomic mass is 32.1. The molecule has 0 radical (unpaired) electrons. The van der Waals surface area contributed by atoms with Crippen molar-refractivity contribution in [2.45, 2.75) is 6.61 Å². The van der Waals surface area contributed by atoms with Crippen LogP contribution in [-0.2, 0) is 16.1 Å². The van der Waals surface area contributed by atoms with Gasteiger partial charge in [0, 0.05) is 11.5 Å². The maximum atomic E-state index is 11.6. The van der Waals surface area contributed by atoms with E-state index in [-0.39, 0.29) is 6.61 Å². The largest absolute Gasteiger partial charge is 0.465 e. The Morgan fingerprint density at radius 3 is 3.05 bits per heavy atom. The van der Waals surface area contributed by atoms with Crippen molar-refractivity contribution >= 4 is 34.7 Å². The van der Waals surface area contributed by atoms with E-state index in [1.54, 1.807) is 47.1 Å². The van der Waals surface area contributed by atoms with E-state index in [0.29, 0.717) is 5.76 Å². The smallest absolute Gasteiger partial charge is 0.331 e. The van der Waals surface area contributed by atoms with Crippen LogP contribution in [0.15, 0.2) is 51.8 Å². The fourth-order valence-electron chi connectivity index (χ4n) is 1.62. The number of rotatable bonds is 5. The molecule has 106 valence electrons. The zero-order valence-electron chi connectivity index (χ0n) is 10.9. The van der Waals surface area contributed by atoms with Gasteiger partial charge in [-0.1, -0.05) is 6.07 Å². The molecule has 3 aromatic heterocycles. The minimum Gasteiger partial charge on any atom is -0.465 e. The standard InChI is InChI=1S/C15H11NO3S2/c17-14(6-5-12-3-1-7-18-12)19-9-11-10-21-15(16-11)13-4-2-8-20-13/h1-8,10H,9H2/b6-5-. The first-order valence-corrected chi connectivity index (χ1v) is 7.94. The van der Waals surface area contributed by atoms with Crippen molar-refractivity contribution in [2.75, 3.05) is 0 Å². The number of hydrogen-bond donors (Lipinski definition) is 0. The molecule has 0 saturated carbocycles. The molecule has 0 aromatic carbocycles. The highest BCUT2D eigenvalue weighted by molar-refractivity contribution is 7.20. The van der Waals surface area contributed by atoms with Crippen molar-refractivity contribution in [1.29, 1.82) is 0 Å². The molecule has 21 heavy (non-hydrogen) atoms. The van der Waals surface area contributed by atoms with Gasteiger partial charge in [0.1, 0.15) is 17.4 Å². The van der Waals surface area contributed by atoms with Gasteiger partial charge in [-0.2, -0.15) is 0 Å². The molecule has 0 fully saturated rings. The lowest BCUT2D eigenvalue weighted by Crippen LogP contribution is -2.00. The molecule has 0 N–H and O–H groups in total. The summed E-state index contributed by atoms with van der Waals surface area (Å²) in [4.78, 5) is 17.1. The van der Waals surface area contributed by atoms with Crippen molar-refractivity contribution < 1.29 is 13.9 Å². The first-order valence-electron chi connectivity index (χ1n) is 6.18. The number of aromatic nitrogens is 1. The number of esters is 1. The predicted molar refractivity (Wildman–Crippen MR) is 83.0 cm³/mol. The first-order chi connectivity index (χ1) is 10.3. The molecule has 0 aliphatic rings. The molecule has 0 aliphatic carbocycles. The van der Waals surface area contributed by atoms with Gasteiger partial charge < -0.3 is 9.15 Å². The molecule has 3 heterocycles. The normalized spacial score (nSPS) is 11.0. The Morgan fingerprint density at radius 2 is 2.29 bits per heavy atom. The summed E-state index contributed by atoms with van der Waals surface area (Å²) in [7, 11) is 0. The van der Waals surface area contributed by atoms with Gasteiger partial charge in [-0.3, -0.25) is 0 Å². The maximum absolute atomic E-state index is 11.6. The molecule has 4 nitrogen and oxygen atoms in total. The summed E-state index contributed by atoms with van der Waals surface area (Å²) < 4.78 is 10.2. The van der Waals surface area contributed by atoms with E-state index >= 15 is 0 Å². The van der Waals surface area contributed by atoms with Crippen molar-refractivity contribution in [3.8, 4) is 9.88 Å². The monoisotopic (exact) mass is 317 g/mol. The molecule has 0 aliphatic heterocycles. The van der Waals surface area contributed by atoms with E-state index in [1.165, 1.54) is 6.08 Å². The lowest BCUT2D eigenvalue weighted by atomic mass is 10.4. The van der Waals surface area contributed by atoms with Gasteiger partial charge in [0.05, 0.1) is 16.8 Å². The van der Waals surface area contributed by atoms with Crippen molar-refractivity contribution in [2.24, 2.45) is 0 Å². The van der Waals surface area contributed by atoms with Crippen LogP contribution in [0.4, 0.5) is 0 Å². The third kappa shape index (κ3) is 3.68. The SMILES string of the molecule is O=C(/C=C\c1ccco1)OCc1csc(-c2cccs2)n1. The highest BCUT2D eigenvalue weighted by Crippen LogP contribution is 2.27. The number of hydrogen-bond acceptors (Lipinski definition) is 6. The number of carbonyl (C=O) groups is 1. The Labute approximate surface area is 129 Å². The molecule has 0 amide bonds. The summed E-state index contributed by atoms with van der Waals surface area (Å²) in [6.07, 6.45) is 4.46.